The molecule has 2 aliphatic heterocycles. The van der Waals surface area contributed by atoms with Crippen molar-refractivity contribution in [3.63, 3.8) is 0 Å². The van der Waals surface area contributed by atoms with E-state index in [1.807, 2.05) is 7.05 Å². The summed E-state index contributed by atoms with van der Waals surface area (Å²) in [6.07, 6.45) is -1.87. The van der Waals surface area contributed by atoms with E-state index in [-0.39, 0.29) is 6.04 Å². The molecule has 2 aliphatic rings. The fourth-order valence-corrected chi connectivity index (χ4v) is 3.93. The van der Waals surface area contributed by atoms with E-state index in [2.05, 4.69) is 21.1 Å². The minimum absolute atomic E-state index is 0.0531. The largest absolute Gasteiger partial charge is 0.416 e. The van der Waals surface area contributed by atoms with Crippen LogP contribution in [0.25, 0.3) is 0 Å². The summed E-state index contributed by atoms with van der Waals surface area (Å²) in [6.45, 7) is 5.08. The molecule has 140 valence electrons. The van der Waals surface area contributed by atoms with E-state index in [0.717, 1.165) is 44.2 Å². The van der Waals surface area contributed by atoms with E-state index >= 15 is 0 Å². The monoisotopic (exact) mass is 356 g/mol. The Hall–Kier alpha value is -1.15. The van der Waals surface area contributed by atoms with Crippen molar-refractivity contribution in [2.24, 2.45) is 11.8 Å². The summed E-state index contributed by atoms with van der Waals surface area (Å²) in [5.74, 6) is 1.12. The van der Waals surface area contributed by atoms with Crippen LogP contribution in [0.15, 0.2) is 24.3 Å². The van der Waals surface area contributed by atoms with Gasteiger partial charge in [0.05, 0.1) is 11.6 Å². The Labute approximate surface area is 147 Å². The minimum atomic E-state index is -4.28. The summed E-state index contributed by atoms with van der Waals surface area (Å²) in [5.41, 5.74) is 6.73. The van der Waals surface area contributed by atoms with Gasteiger partial charge in [-0.25, -0.2) is 5.43 Å². The van der Waals surface area contributed by atoms with Gasteiger partial charge in [0.2, 0.25) is 0 Å². The number of rotatable bonds is 5. The average molecular weight is 356 g/mol. The number of benzene rings is 1. The van der Waals surface area contributed by atoms with Crippen LogP contribution in [0.4, 0.5) is 13.2 Å². The third-order valence-corrected chi connectivity index (χ3v) is 5.38. The van der Waals surface area contributed by atoms with E-state index in [1.165, 1.54) is 25.0 Å². The predicted molar refractivity (Wildman–Crippen MR) is 91.9 cm³/mol. The molecule has 4 nitrogen and oxygen atoms in total. The lowest BCUT2D eigenvalue weighted by Crippen LogP contribution is -2.40. The third kappa shape index (κ3) is 4.73. The van der Waals surface area contributed by atoms with Gasteiger partial charge in [-0.2, -0.15) is 13.2 Å². The zero-order valence-electron chi connectivity index (χ0n) is 14.6. The Morgan fingerprint density at radius 3 is 2.44 bits per heavy atom. The Kier molecular flexibility index (Phi) is 5.99. The molecule has 0 spiro atoms. The van der Waals surface area contributed by atoms with Crippen LogP contribution >= 0.6 is 0 Å². The lowest BCUT2D eigenvalue weighted by atomic mass is 9.91. The van der Waals surface area contributed by atoms with Crippen LogP contribution in [-0.2, 0) is 6.18 Å². The molecule has 2 saturated heterocycles. The highest BCUT2D eigenvalue weighted by atomic mass is 19.4. The molecule has 25 heavy (non-hydrogen) atoms. The molecule has 0 saturated carbocycles. The van der Waals surface area contributed by atoms with Gasteiger partial charge in [-0.3, -0.25) is 5.43 Å². The van der Waals surface area contributed by atoms with Crippen molar-refractivity contribution >= 4 is 0 Å². The molecule has 0 aromatic heterocycles. The lowest BCUT2D eigenvalue weighted by molar-refractivity contribution is -0.137. The van der Waals surface area contributed by atoms with Crippen molar-refractivity contribution < 1.29 is 13.2 Å². The average Bonchev–Trinajstić information content (AvgIpc) is 3.04. The first-order valence-electron chi connectivity index (χ1n) is 9.00. The molecule has 0 amide bonds. The van der Waals surface area contributed by atoms with E-state index in [1.54, 1.807) is 12.1 Å². The van der Waals surface area contributed by atoms with Gasteiger partial charge in [-0.1, -0.05) is 12.1 Å². The number of nitrogens with zero attached hydrogens (tertiary/aromatic N) is 1. The second-order valence-corrected chi connectivity index (χ2v) is 7.18. The van der Waals surface area contributed by atoms with Gasteiger partial charge < -0.3 is 10.2 Å². The normalized spacial score (nSPS) is 26.2. The lowest BCUT2D eigenvalue weighted by Gasteiger charge is -2.34. The molecule has 3 N–H and O–H groups in total. The van der Waals surface area contributed by atoms with E-state index in [9.17, 15) is 13.2 Å². The number of hydrogen-bond donors (Lipinski definition) is 3. The van der Waals surface area contributed by atoms with Crippen molar-refractivity contribution in [2.75, 3.05) is 39.8 Å². The summed E-state index contributed by atoms with van der Waals surface area (Å²) >= 11 is 0. The van der Waals surface area contributed by atoms with Crippen molar-refractivity contribution in [2.45, 2.75) is 25.1 Å². The van der Waals surface area contributed by atoms with Gasteiger partial charge in [0.1, 0.15) is 0 Å². The van der Waals surface area contributed by atoms with Gasteiger partial charge in [0, 0.05) is 19.0 Å². The highest BCUT2D eigenvalue weighted by Crippen LogP contribution is 2.32. The molecule has 0 aliphatic carbocycles. The molecule has 0 bridgehead atoms. The van der Waals surface area contributed by atoms with E-state index in [4.69, 9.17) is 0 Å². The SMILES string of the molecule is CNCC1CCN(CC2CNNC2c2ccc(C(F)(F)F)cc2)CC1. The minimum Gasteiger partial charge on any atom is -0.319 e. The number of halogens is 3. The second-order valence-electron chi connectivity index (χ2n) is 7.18. The third-order valence-electron chi connectivity index (χ3n) is 5.38. The number of nitrogens with one attached hydrogen (secondary N) is 3. The zero-order valence-corrected chi connectivity index (χ0v) is 14.6. The van der Waals surface area contributed by atoms with Gasteiger partial charge in [-0.05, 0) is 63.1 Å². The summed E-state index contributed by atoms with van der Waals surface area (Å²) in [5, 5.41) is 3.25. The van der Waals surface area contributed by atoms with Gasteiger partial charge in [-0.15, -0.1) is 0 Å². The smallest absolute Gasteiger partial charge is 0.319 e. The highest BCUT2D eigenvalue weighted by molar-refractivity contribution is 5.27. The molecule has 2 atom stereocenters. The van der Waals surface area contributed by atoms with Crippen molar-refractivity contribution in [1.29, 1.82) is 0 Å². The van der Waals surface area contributed by atoms with Crippen molar-refractivity contribution in [3.8, 4) is 0 Å². The van der Waals surface area contributed by atoms with Crippen molar-refractivity contribution in [3.05, 3.63) is 35.4 Å². The van der Waals surface area contributed by atoms with Crippen molar-refractivity contribution in [1.82, 2.24) is 21.1 Å². The maximum atomic E-state index is 12.7. The van der Waals surface area contributed by atoms with Crippen LogP contribution in [0.2, 0.25) is 0 Å². The molecule has 1 aromatic carbocycles. The predicted octanol–water partition coefficient (Wildman–Crippen LogP) is 2.40. The first kappa shape index (κ1) is 18.6. The number of piperidine rings is 1. The molecular weight excluding hydrogens is 329 g/mol. The summed E-state index contributed by atoms with van der Waals surface area (Å²) in [6, 6.07) is 5.60. The Morgan fingerprint density at radius 1 is 1.16 bits per heavy atom. The van der Waals surface area contributed by atoms with Gasteiger partial charge in [0.25, 0.3) is 0 Å². The fourth-order valence-electron chi connectivity index (χ4n) is 3.93. The molecule has 7 heteroatoms. The molecule has 2 fully saturated rings. The second kappa shape index (κ2) is 8.03. The number of alkyl halides is 3. The maximum Gasteiger partial charge on any atom is 0.416 e. The number of likely N-dealkylation sites (tertiary alicyclic amines) is 1. The van der Waals surface area contributed by atoms with Crippen LogP contribution in [0.5, 0.6) is 0 Å². The fraction of sp³-hybridized carbons (Fsp3) is 0.667. The molecule has 3 rings (SSSR count). The van der Waals surface area contributed by atoms with Crippen LogP contribution in [-0.4, -0.2) is 44.7 Å². The van der Waals surface area contributed by atoms with Gasteiger partial charge >= 0.3 is 6.18 Å². The van der Waals surface area contributed by atoms with Crippen LogP contribution in [0.1, 0.15) is 30.0 Å². The van der Waals surface area contributed by atoms with E-state index in [0.29, 0.717) is 5.92 Å². The Bertz CT molecular complexity index is 538. The first-order valence-corrected chi connectivity index (χ1v) is 9.00. The first-order chi connectivity index (χ1) is 12.0. The molecule has 2 heterocycles. The van der Waals surface area contributed by atoms with E-state index < -0.39 is 11.7 Å². The molecule has 2 unspecified atom stereocenters. The van der Waals surface area contributed by atoms with Crippen LogP contribution in [0.3, 0.4) is 0 Å². The zero-order chi connectivity index (χ0) is 17.9. The molecular formula is C18H27F3N4. The molecule has 0 radical (unpaired) electrons. The summed E-state index contributed by atoms with van der Waals surface area (Å²) in [4.78, 5) is 2.49. The highest BCUT2D eigenvalue weighted by Gasteiger charge is 2.33. The summed E-state index contributed by atoms with van der Waals surface area (Å²) < 4.78 is 38.2. The maximum absolute atomic E-state index is 12.7. The number of hydrazine groups is 1. The summed E-state index contributed by atoms with van der Waals surface area (Å²) in [7, 11) is 2.00. The van der Waals surface area contributed by atoms with Gasteiger partial charge in [0.15, 0.2) is 0 Å². The molecule has 1 aromatic rings. The standard InChI is InChI=1S/C18H27F3N4/c1-22-10-13-6-8-25(9-7-13)12-15-11-23-24-17(15)14-2-4-16(5-3-14)18(19,20)21/h2-5,13,15,17,22-24H,6-12H2,1H3. The van der Waals surface area contributed by atoms with Crippen LogP contribution < -0.4 is 16.2 Å². The Morgan fingerprint density at radius 2 is 1.84 bits per heavy atom. The number of hydrogen-bond acceptors (Lipinski definition) is 4. The topological polar surface area (TPSA) is 39.3 Å². The van der Waals surface area contributed by atoms with Crippen LogP contribution in [0, 0.1) is 11.8 Å². The Balaban J connectivity index is 1.58. The quantitative estimate of drug-likeness (QED) is 0.758.